The molecule has 1 aromatic heterocycles. The summed E-state index contributed by atoms with van der Waals surface area (Å²) in [5, 5.41) is 2.11. The van der Waals surface area contributed by atoms with Gasteiger partial charge in [0.1, 0.15) is 12.3 Å². The molecule has 2 amide bonds. The normalized spacial score (nSPS) is 15.5. The van der Waals surface area contributed by atoms with E-state index >= 15 is 0 Å². The number of methoxy groups -OCH3 is 1. The molecule has 0 spiro atoms. The Hall–Kier alpha value is -3.12. The number of amides is 2. The molecule has 0 fully saturated rings. The van der Waals surface area contributed by atoms with Crippen molar-refractivity contribution in [3.63, 3.8) is 0 Å². The Bertz CT molecular complexity index is 1220. The fraction of sp³-hybridized carbons (Fsp3) is 0.455. The second-order valence-electron chi connectivity index (χ2n) is 10.5. The van der Waals surface area contributed by atoms with Crippen LogP contribution in [0.2, 0.25) is 0 Å². The fourth-order valence-corrected chi connectivity index (χ4v) is 6.25. The molecule has 39 heavy (non-hydrogen) atoms. The summed E-state index contributed by atoms with van der Waals surface area (Å²) in [5.41, 5.74) is 4.14. The number of carbonyl (C=O) groups excluding carboxylic acids is 2. The Morgan fingerprint density at radius 2 is 1.77 bits per heavy atom. The van der Waals surface area contributed by atoms with Crippen LogP contribution in [0.3, 0.4) is 0 Å². The molecule has 5 nitrogen and oxygen atoms in total. The summed E-state index contributed by atoms with van der Waals surface area (Å²) in [6.45, 7) is 7.02. The molecule has 2 unspecified atom stereocenters. The Balaban J connectivity index is 1.53. The zero-order valence-electron chi connectivity index (χ0n) is 23.8. The van der Waals surface area contributed by atoms with Gasteiger partial charge in [-0.05, 0) is 85.0 Å². The van der Waals surface area contributed by atoms with Gasteiger partial charge in [-0.1, -0.05) is 57.4 Å². The molecular weight excluding hydrogens is 504 g/mol. The minimum absolute atomic E-state index is 0.0196. The molecule has 3 aromatic rings. The molecule has 0 N–H and O–H groups in total. The lowest BCUT2D eigenvalue weighted by Crippen LogP contribution is -2.49. The average Bonchev–Trinajstić information content (AvgIpc) is 3.46. The van der Waals surface area contributed by atoms with Crippen LogP contribution in [-0.2, 0) is 17.6 Å². The number of rotatable bonds is 12. The largest absolute Gasteiger partial charge is 0.497 e. The fourth-order valence-electron chi connectivity index (χ4n) is 5.35. The minimum Gasteiger partial charge on any atom is -0.497 e. The van der Waals surface area contributed by atoms with Crippen LogP contribution >= 0.6 is 11.3 Å². The van der Waals surface area contributed by atoms with E-state index in [9.17, 15) is 9.59 Å². The lowest BCUT2D eigenvalue weighted by Gasteiger charge is -2.38. The summed E-state index contributed by atoms with van der Waals surface area (Å²) >= 11 is 1.75. The van der Waals surface area contributed by atoms with Crippen molar-refractivity contribution in [1.82, 2.24) is 9.80 Å². The van der Waals surface area contributed by atoms with Crippen molar-refractivity contribution in [3.05, 3.63) is 87.1 Å². The van der Waals surface area contributed by atoms with Crippen LogP contribution in [0.5, 0.6) is 5.75 Å². The van der Waals surface area contributed by atoms with Crippen LogP contribution in [0.25, 0.3) is 0 Å². The van der Waals surface area contributed by atoms with Gasteiger partial charge in [-0.15, -0.1) is 11.3 Å². The maximum atomic E-state index is 13.9. The predicted molar refractivity (Wildman–Crippen MR) is 160 cm³/mol. The number of unbranched alkanes of at least 4 members (excludes halogenated alkanes) is 3. The number of benzene rings is 2. The molecular formula is C33H42N2O3S. The van der Waals surface area contributed by atoms with Crippen molar-refractivity contribution in [3.8, 4) is 5.75 Å². The van der Waals surface area contributed by atoms with Gasteiger partial charge in [-0.2, -0.15) is 0 Å². The standard InChI is InChI=1S/C33H42N2O3S/c1-5-7-8-9-10-25-11-13-27(14-12-25)33(37)35(24(3)6-2)23-31(36)34-21-19-30-29(20-22-39-30)32(34)26-15-17-28(38-4)18-16-26/h11-18,20,22,24,32H,5-10,19,21,23H2,1-4H3. The van der Waals surface area contributed by atoms with Gasteiger partial charge in [0.05, 0.1) is 13.2 Å². The third-order valence-corrected chi connectivity index (χ3v) is 8.92. The number of hydrogen-bond acceptors (Lipinski definition) is 4. The van der Waals surface area contributed by atoms with Crippen LogP contribution in [-0.4, -0.2) is 47.9 Å². The van der Waals surface area contributed by atoms with Gasteiger partial charge in [0.2, 0.25) is 5.91 Å². The van der Waals surface area contributed by atoms with E-state index in [0.717, 1.165) is 30.6 Å². The number of fused-ring (bicyclic) bond motifs is 1. The van der Waals surface area contributed by atoms with Gasteiger partial charge >= 0.3 is 0 Å². The molecule has 2 aromatic carbocycles. The van der Waals surface area contributed by atoms with Gasteiger partial charge in [-0.25, -0.2) is 0 Å². The molecule has 6 heteroatoms. The molecule has 208 valence electrons. The van der Waals surface area contributed by atoms with Crippen LogP contribution in [0.15, 0.2) is 60.0 Å². The molecule has 1 aliphatic heterocycles. The number of thiophene rings is 1. The van der Waals surface area contributed by atoms with Crippen molar-refractivity contribution in [2.45, 2.75) is 77.8 Å². The first-order valence-electron chi connectivity index (χ1n) is 14.4. The Morgan fingerprint density at radius 3 is 2.44 bits per heavy atom. The van der Waals surface area contributed by atoms with E-state index in [2.05, 4.69) is 37.4 Å². The molecule has 4 rings (SSSR count). The van der Waals surface area contributed by atoms with Crippen molar-refractivity contribution in [2.24, 2.45) is 0 Å². The monoisotopic (exact) mass is 546 g/mol. The Labute approximate surface area is 237 Å². The Morgan fingerprint density at radius 1 is 1.03 bits per heavy atom. The Kier molecular flexibility index (Phi) is 10.2. The lowest BCUT2D eigenvalue weighted by molar-refractivity contribution is -0.134. The molecule has 0 radical (unpaired) electrons. The number of ether oxygens (including phenoxy) is 1. The van der Waals surface area contributed by atoms with Gasteiger partial charge in [0, 0.05) is 23.0 Å². The van der Waals surface area contributed by atoms with Crippen LogP contribution in [0.4, 0.5) is 0 Å². The second kappa shape index (κ2) is 13.8. The van der Waals surface area contributed by atoms with Gasteiger partial charge in [-0.3, -0.25) is 9.59 Å². The van der Waals surface area contributed by atoms with Crippen LogP contribution < -0.4 is 4.74 Å². The third kappa shape index (κ3) is 6.91. The first-order chi connectivity index (χ1) is 19.0. The van der Waals surface area contributed by atoms with Gasteiger partial charge in [0.15, 0.2) is 0 Å². The van der Waals surface area contributed by atoms with E-state index in [4.69, 9.17) is 4.74 Å². The van der Waals surface area contributed by atoms with Gasteiger partial charge < -0.3 is 14.5 Å². The van der Waals surface area contributed by atoms with E-state index in [1.54, 1.807) is 23.3 Å². The van der Waals surface area contributed by atoms with Crippen LogP contribution in [0.1, 0.15) is 90.8 Å². The SMILES string of the molecule is CCCCCCc1ccc(C(=O)N(CC(=O)N2CCc3sccc3C2c2ccc(OC)cc2)C(C)CC)cc1. The average molecular weight is 547 g/mol. The highest BCUT2D eigenvalue weighted by molar-refractivity contribution is 7.10. The summed E-state index contributed by atoms with van der Waals surface area (Å²) in [6.07, 6.45) is 7.55. The molecule has 2 heterocycles. The molecule has 0 saturated carbocycles. The third-order valence-electron chi connectivity index (χ3n) is 7.93. The number of nitrogens with zero attached hydrogens (tertiary/aromatic N) is 2. The highest BCUT2D eigenvalue weighted by Gasteiger charge is 2.35. The molecule has 0 aliphatic carbocycles. The van der Waals surface area contributed by atoms with Gasteiger partial charge in [0.25, 0.3) is 5.91 Å². The number of hydrogen-bond donors (Lipinski definition) is 0. The zero-order chi connectivity index (χ0) is 27.8. The molecule has 1 aliphatic rings. The first-order valence-corrected chi connectivity index (χ1v) is 15.2. The smallest absolute Gasteiger partial charge is 0.254 e. The topological polar surface area (TPSA) is 49.9 Å². The molecule has 0 saturated heterocycles. The molecule has 2 atom stereocenters. The number of aryl methyl sites for hydroxylation is 1. The maximum absolute atomic E-state index is 13.9. The summed E-state index contributed by atoms with van der Waals surface area (Å²) in [7, 11) is 1.66. The summed E-state index contributed by atoms with van der Waals surface area (Å²) in [6, 6.07) is 17.9. The zero-order valence-corrected chi connectivity index (χ0v) is 24.6. The van der Waals surface area contributed by atoms with Crippen molar-refractivity contribution in [2.75, 3.05) is 20.2 Å². The molecule has 0 bridgehead atoms. The number of carbonyl (C=O) groups is 2. The van der Waals surface area contributed by atoms with Crippen molar-refractivity contribution >= 4 is 23.2 Å². The van der Waals surface area contributed by atoms with E-state index in [1.165, 1.54) is 41.7 Å². The summed E-state index contributed by atoms with van der Waals surface area (Å²) < 4.78 is 5.36. The van der Waals surface area contributed by atoms with E-state index in [-0.39, 0.29) is 30.4 Å². The highest BCUT2D eigenvalue weighted by atomic mass is 32.1. The maximum Gasteiger partial charge on any atom is 0.254 e. The minimum atomic E-state index is -0.167. The predicted octanol–water partition coefficient (Wildman–Crippen LogP) is 7.29. The van der Waals surface area contributed by atoms with E-state index < -0.39 is 0 Å². The van der Waals surface area contributed by atoms with Crippen LogP contribution in [0, 0.1) is 0 Å². The van der Waals surface area contributed by atoms with E-state index in [0.29, 0.717) is 12.1 Å². The van der Waals surface area contributed by atoms with Crippen molar-refractivity contribution < 1.29 is 14.3 Å². The summed E-state index contributed by atoms with van der Waals surface area (Å²) in [4.78, 5) is 32.7. The first kappa shape index (κ1) is 28.9. The summed E-state index contributed by atoms with van der Waals surface area (Å²) in [5.74, 6) is 0.692. The second-order valence-corrected chi connectivity index (χ2v) is 11.5. The highest BCUT2D eigenvalue weighted by Crippen LogP contribution is 2.38. The lowest BCUT2D eigenvalue weighted by atomic mass is 9.93. The van der Waals surface area contributed by atoms with Crippen molar-refractivity contribution in [1.29, 1.82) is 0 Å². The quantitative estimate of drug-likeness (QED) is 0.224. The van der Waals surface area contributed by atoms with E-state index in [1.807, 2.05) is 48.2 Å².